The SMILES string of the molecule is CC1=C2CC2O1. The summed E-state index contributed by atoms with van der Waals surface area (Å²) < 4.78 is 5.09. The fourth-order valence-electron chi connectivity index (χ4n) is 0.855. The van der Waals surface area contributed by atoms with Gasteiger partial charge in [-0.3, -0.25) is 0 Å². The first kappa shape index (κ1) is 2.67. The summed E-state index contributed by atoms with van der Waals surface area (Å²) in [7, 11) is 0. The number of allylic oxidation sites excluding steroid dienone is 1. The van der Waals surface area contributed by atoms with Crippen molar-refractivity contribution in [3.63, 3.8) is 0 Å². The van der Waals surface area contributed by atoms with Crippen LogP contribution in [-0.4, -0.2) is 6.10 Å². The van der Waals surface area contributed by atoms with Crippen LogP contribution >= 0.6 is 0 Å². The quantitative estimate of drug-likeness (QED) is 0.424. The molecule has 1 nitrogen and oxygen atoms in total. The van der Waals surface area contributed by atoms with E-state index in [0.29, 0.717) is 6.10 Å². The molecule has 1 saturated carbocycles. The molecule has 6 heavy (non-hydrogen) atoms. The first-order chi connectivity index (χ1) is 2.88. The molecule has 1 atom stereocenters. The zero-order chi connectivity index (χ0) is 4.15. The van der Waals surface area contributed by atoms with Crippen LogP contribution in [0.25, 0.3) is 0 Å². The van der Waals surface area contributed by atoms with E-state index in [-0.39, 0.29) is 0 Å². The van der Waals surface area contributed by atoms with Crippen molar-refractivity contribution in [2.45, 2.75) is 19.4 Å². The first-order valence-corrected chi connectivity index (χ1v) is 2.24. The van der Waals surface area contributed by atoms with E-state index in [2.05, 4.69) is 0 Å². The summed E-state index contributed by atoms with van der Waals surface area (Å²) in [4.78, 5) is 0. The monoisotopic (exact) mass is 82.0 g/mol. The average Bonchev–Trinajstić information content (AvgIpc) is 2.12. The van der Waals surface area contributed by atoms with Crippen LogP contribution in [0.15, 0.2) is 11.3 Å². The van der Waals surface area contributed by atoms with Gasteiger partial charge in [-0.05, 0) is 6.92 Å². The Kier molecular flexibility index (Phi) is 0.228. The standard InChI is InChI=1S/C5H6O/c1-3-4-2-5(4)6-3/h5H,2H2,1H3. The fraction of sp³-hybridized carbons (Fsp3) is 0.600. The van der Waals surface area contributed by atoms with Gasteiger partial charge in [0.15, 0.2) is 0 Å². The smallest absolute Gasteiger partial charge is 0.127 e. The van der Waals surface area contributed by atoms with Crippen LogP contribution in [0.2, 0.25) is 0 Å². The van der Waals surface area contributed by atoms with Gasteiger partial charge in [0.05, 0.1) is 5.76 Å². The first-order valence-electron chi connectivity index (χ1n) is 2.24. The fourth-order valence-corrected chi connectivity index (χ4v) is 0.855. The van der Waals surface area contributed by atoms with Crippen LogP contribution in [0.4, 0.5) is 0 Å². The van der Waals surface area contributed by atoms with E-state index in [1.807, 2.05) is 6.92 Å². The lowest BCUT2D eigenvalue weighted by molar-refractivity contribution is 0.172. The largest absolute Gasteiger partial charge is 0.490 e. The Bertz CT molecular complexity index is 124. The van der Waals surface area contributed by atoms with Crippen molar-refractivity contribution in [2.24, 2.45) is 0 Å². The zero-order valence-electron chi connectivity index (χ0n) is 3.69. The van der Waals surface area contributed by atoms with Crippen molar-refractivity contribution < 1.29 is 4.74 Å². The van der Waals surface area contributed by atoms with E-state index in [0.717, 1.165) is 0 Å². The molecule has 1 fully saturated rings. The van der Waals surface area contributed by atoms with Crippen molar-refractivity contribution in [2.75, 3.05) is 0 Å². The molecule has 1 aliphatic heterocycles. The maximum Gasteiger partial charge on any atom is 0.127 e. The molecule has 0 aromatic carbocycles. The molecule has 1 heteroatoms. The molecule has 1 aliphatic carbocycles. The van der Waals surface area contributed by atoms with E-state index in [4.69, 9.17) is 4.74 Å². The minimum Gasteiger partial charge on any atom is -0.490 e. The van der Waals surface area contributed by atoms with Gasteiger partial charge in [-0.1, -0.05) is 0 Å². The van der Waals surface area contributed by atoms with Crippen molar-refractivity contribution in [1.82, 2.24) is 0 Å². The van der Waals surface area contributed by atoms with Gasteiger partial charge >= 0.3 is 0 Å². The van der Waals surface area contributed by atoms with Gasteiger partial charge in [0, 0.05) is 12.0 Å². The molecule has 2 aliphatic rings. The van der Waals surface area contributed by atoms with Crippen molar-refractivity contribution in [1.29, 1.82) is 0 Å². The molecule has 0 amide bonds. The number of fused-ring (bicyclic) bond motifs is 1. The van der Waals surface area contributed by atoms with Crippen LogP contribution < -0.4 is 0 Å². The highest BCUT2D eigenvalue weighted by Crippen LogP contribution is 2.46. The number of rotatable bonds is 0. The molecule has 0 spiro atoms. The minimum absolute atomic E-state index is 0.588. The predicted octanol–water partition coefficient (Wildman–Crippen LogP) is 1.06. The van der Waals surface area contributed by atoms with Crippen molar-refractivity contribution in [3.05, 3.63) is 11.3 Å². The number of ether oxygens (including phenoxy) is 1. The predicted molar refractivity (Wildman–Crippen MR) is 22.2 cm³/mol. The Hall–Kier alpha value is -0.460. The summed E-state index contributed by atoms with van der Waals surface area (Å²) in [5.74, 6) is 1.18. The maximum absolute atomic E-state index is 5.09. The molecule has 32 valence electrons. The normalized spacial score (nSPS) is 37.2. The summed E-state index contributed by atoms with van der Waals surface area (Å²) in [6.07, 6.45) is 1.82. The molecular weight excluding hydrogens is 76.1 g/mol. The molecule has 0 N–H and O–H groups in total. The Morgan fingerprint density at radius 2 is 2.67 bits per heavy atom. The van der Waals surface area contributed by atoms with Crippen molar-refractivity contribution >= 4 is 0 Å². The van der Waals surface area contributed by atoms with E-state index in [1.54, 1.807) is 5.57 Å². The maximum atomic E-state index is 5.09. The highest BCUT2D eigenvalue weighted by molar-refractivity contribution is 5.36. The molecule has 0 saturated heterocycles. The highest BCUT2D eigenvalue weighted by atomic mass is 16.5. The second kappa shape index (κ2) is 0.512. The van der Waals surface area contributed by atoms with Crippen LogP contribution in [0.1, 0.15) is 13.3 Å². The van der Waals surface area contributed by atoms with Crippen LogP contribution in [0.5, 0.6) is 0 Å². The summed E-state index contributed by atoms with van der Waals surface area (Å²) in [5, 5.41) is 0. The topological polar surface area (TPSA) is 9.23 Å². The lowest BCUT2D eigenvalue weighted by atomic mass is 10.4. The van der Waals surface area contributed by atoms with Gasteiger partial charge < -0.3 is 4.74 Å². The lowest BCUT2D eigenvalue weighted by Gasteiger charge is -2.09. The highest BCUT2D eigenvalue weighted by Gasteiger charge is 2.43. The van der Waals surface area contributed by atoms with Crippen LogP contribution in [0, 0.1) is 0 Å². The summed E-state index contributed by atoms with van der Waals surface area (Å²) >= 11 is 0. The minimum atomic E-state index is 0.588. The second-order valence-corrected chi connectivity index (χ2v) is 1.89. The Morgan fingerprint density at radius 3 is 2.67 bits per heavy atom. The molecule has 0 aromatic rings. The van der Waals surface area contributed by atoms with Crippen LogP contribution in [0.3, 0.4) is 0 Å². The van der Waals surface area contributed by atoms with Gasteiger partial charge in [0.1, 0.15) is 6.10 Å². The van der Waals surface area contributed by atoms with Gasteiger partial charge in [0.25, 0.3) is 0 Å². The van der Waals surface area contributed by atoms with Crippen molar-refractivity contribution in [3.8, 4) is 0 Å². The number of hydrogen-bond acceptors (Lipinski definition) is 1. The number of hydrogen-bond donors (Lipinski definition) is 0. The van der Waals surface area contributed by atoms with E-state index in [9.17, 15) is 0 Å². The third-order valence-corrected chi connectivity index (χ3v) is 1.41. The van der Waals surface area contributed by atoms with Gasteiger partial charge in [-0.2, -0.15) is 0 Å². The van der Waals surface area contributed by atoms with Gasteiger partial charge in [-0.25, -0.2) is 0 Å². The summed E-state index contributed by atoms with van der Waals surface area (Å²) in [6.45, 7) is 2.03. The third kappa shape index (κ3) is 0.125. The summed E-state index contributed by atoms with van der Waals surface area (Å²) in [6, 6.07) is 0. The molecule has 0 aromatic heterocycles. The summed E-state index contributed by atoms with van der Waals surface area (Å²) in [5.41, 5.74) is 1.55. The van der Waals surface area contributed by atoms with Gasteiger partial charge in [-0.15, -0.1) is 0 Å². The Balaban J connectivity index is 2.47. The molecule has 2 rings (SSSR count). The average molecular weight is 82.1 g/mol. The lowest BCUT2D eigenvalue weighted by Crippen LogP contribution is -1.99. The molecular formula is C5H6O. The van der Waals surface area contributed by atoms with Crippen LogP contribution in [-0.2, 0) is 4.74 Å². The van der Waals surface area contributed by atoms with Gasteiger partial charge in [0.2, 0.25) is 0 Å². The molecule has 0 radical (unpaired) electrons. The van der Waals surface area contributed by atoms with E-state index >= 15 is 0 Å². The Morgan fingerprint density at radius 1 is 1.83 bits per heavy atom. The Labute approximate surface area is 36.6 Å². The zero-order valence-corrected chi connectivity index (χ0v) is 3.69. The molecule has 0 bridgehead atoms. The second-order valence-electron chi connectivity index (χ2n) is 1.89. The molecule has 1 heterocycles. The van der Waals surface area contributed by atoms with E-state index < -0.39 is 0 Å². The van der Waals surface area contributed by atoms with E-state index in [1.165, 1.54) is 12.2 Å². The third-order valence-electron chi connectivity index (χ3n) is 1.41. The molecule has 1 unspecified atom stereocenters.